The van der Waals surface area contributed by atoms with Crippen LogP contribution in [0.15, 0.2) is 12.3 Å². The molecule has 0 unspecified atom stereocenters. The van der Waals surface area contributed by atoms with Crippen LogP contribution in [0.5, 0.6) is 5.88 Å². The number of aromatic nitrogens is 1. The highest BCUT2D eigenvalue weighted by molar-refractivity contribution is 6.62. The van der Waals surface area contributed by atoms with Gasteiger partial charge in [-0.05, 0) is 53.0 Å². The van der Waals surface area contributed by atoms with Crippen LogP contribution in [-0.4, -0.2) is 43.0 Å². The average molecular weight is 377 g/mol. The molecule has 27 heavy (non-hydrogen) atoms. The zero-order valence-corrected chi connectivity index (χ0v) is 17.8. The number of hydrogen-bond donors (Lipinski definition) is 0. The van der Waals surface area contributed by atoms with Crippen LogP contribution in [0.4, 0.5) is 0 Å². The lowest BCUT2D eigenvalue weighted by Crippen LogP contribution is -2.41. The topological polar surface area (TPSA) is 66.9 Å². The van der Waals surface area contributed by atoms with Crippen LogP contribution in [-0.2, 0) is 18.8 Å². The van der Waals surface area contributed by atoms with E-state index in [1.54, 1.807) is 6.20 Å². The van der Waals surface area contributed by atoms with Crippen molar-refractivity contribution in [3.63, 3.8) is 0 Å². The van der Waals surface area contributed by atoms with Crippen molar-refractivity contribution in [2.75, 3.05) is 13.7 Å². The molecular weight excluding hydrogens is 345 g/mol. The Morgan fingerprint density at radius 2 is 1.74 bits per heavy atom. The van der Waals surface area contributed by atoms with E-state index in [4.69, 9.17) is 18.8 Å². The van der Waals surface area contributed by atoms with Crippen molar-refractivity contribution in [3.05, 3.63) is 17.8 Å². The van der Waals surface area contributed by atoms with Gasteiger partial charge in [-0.15, -0.1) is 0 Å². The van der Waals surface area contributed by atoms with E-state index in [-0.39, 0.29) is 12.6 Å². The number of esters is 1. The summed E-state index contributed by atoms with van der Waals surface area (Å²) in [4.78, 5) is 16.6. The lowest BCUT2D eigenvalue weighted by Gasteiger charge is -2.32. The van der Waals surface area contributed by atoms with Crippen LogP contribution in [0.25, 0.3) is 0 Å². The first-order valence-corrected chi connectivity index (χ1v) is 9.55. The summed E-state index contributed by atoms with van der Waals surface area (Å²) in [5.74, 6) is 0.223. The molecule has 0 amide bonds. The van der Waals surface area contributed by atoms with Gasteiger partial charge in [0.15, 0.2) is 0 Å². The van der Waals surface area contributed by atoms with E-state index in [0.29, 0.717) is 18.7 Å². The van der Waals surface area contributed by atoms with Crippen LogP contribution in [0.2, 0.25) is 0 Å². The summed E-state index contributed by atoms with van der Waals surface area (Å²) in [7, 11) is 0.946. The summed E-state index contributed by atoms with van der Waals surface area (Å²) in [5, 5.41) is 0. The van der Waals surface area contributed by atoms with Gasteiger partial charge in [0.1, 0.15) is 12.0 Å². The molecular formula is C20H32BNO5. The Morgan fingerprint density at radius 1 is 1.19 bits per heavy atom. The third-order valence-electron chi connectivity index (χ3n) is 6.10. The standard InChI is InChI=1S/C20H32BNO5/c1-9-20(10-2,17(23)24-8)13-25-16-11-14(3)15(12-22-16)21-26-18(4,5)19(6,7)27-21/h11-12H,9-10,13H2,1-8H3. The molecule has 0 saturated carbocycles. The number of pyridine rings is 1. The Balaban J connectivity index is 2.15. The van der Waals surface area contributed by atoms with E-state index in [1.807, 2.05) is 54.5 Å². The van der Waals surface area contributed by atoms with Crippen LogP contribution in [0, 0.1) is 12.3 Å². The lowest BCUT2D eigenvalue weighted by molar-refractivity contribution is -0.155. The molecule has 6 nitrogen and oxygen atoms in total. The fraction of sp³-hybridized carbons (Fsp3) is 0.700. The molecule has 7 heteroatoms. The summed E-state index contributed by atoms with van der Waals surface area (Å²) < 4.78 is 23.0. The predicted molar refractivity (Wildman–Crippen MR) is 105 cm³/mol. The SMILES string of the molecule is CCC(CC)(COc1cc(C)c(B2OC(C)(C)C(C)(C)O2)cn1)C(=O)OC. The molecule has 2 heterocycles. The summed E-state index contributed by atoms with van der Waals surface area (Å²) in [6, 6.07) is 1.85. The zero-order valence-electron chi connectivity index (χ0n) is 17.8. The van der Waals surface area contributed by atoms with Crippen molar-refractivity contribution in [1.29, 1.82) is 0 Å². The molecule has 0 bridgehead atoms. The second-order valence-corrected chi connectivity index (χ2v) is 8.24. The minimum Gasteiger partial charge on any atom is -0.476 e. The van der Waals surface area contributed by atoms with Gasteiger partial charge in [0.2, 0.25) is 5.88 Å². The van der Waals surface area contributed by atoms with Crippen LogP contribution < -0.4 is 10.2 Å². The number of carbonyl (C=O) groups is 1. The molecule has 2 rings (SSSR count). The van der Waals surface area contributed by atoms with Gasteiger partial charge in [0, 0.05) is 17.7 Å². The van der Waals surface area contributed by atoms with Gasteiger partial charge in [-0.1, -0.05) is 13.8 Å². The second kappa shape index (κ2) is 7.80. The van der Waals surface area contributed by atoms with E-state index in [9.17, 15) is 4.79 Å². The summed E-state index contributed by atoms with van der Waals surface area (Å²) in [6.07, 6.45) is 3.01. The second-order valence-electron chi connectivity index (χ2n) is 8.24. The third-order valence-corrected chi connectivity index (χ3v) is 6.10. The highest BCUT2D eigenvalue weighted by atomic mass is 16.7. The first-order valence-electron chi connectivity index (χ1n) is 9.55. The maximum absolute atomic E-state index is 12.2. The molecule has 0 aliphatic carbocycles. The van der Waals surface area contributed by atoms with Gasteiger partial charge in [0.05, 0.1) is 18.3 Å². The highest BCUT2D eigenvalue weighted by Gasteiger charge is 2.52. The van der Waals surface area contributed by atoms with Crippen LogP contribution in [0.3, 0.4) is 0 Å². The maximum Gasteiger partial charge on any atom is 0.496 e. The molecule has 1 aliphatic rings. The Morgan fingerprint density at radius 3 is 2.19 bits per heavy atom. The fourth-order valence-electron chi connectivity index (χ4n) is 3.07. The number of nitrogens with zero attached hydrogens (tertiary/aromatic N) is 1. The quantitative estimate of drug-likeness (QED) is 0.538. The largest absolute Gasteiger partial charge is 0.496 e. The Labute approximate surface area is 163 Å². The number of ether oxygens (including phenoxy) is 2. The first kappa shape index (κ1) is 21.7. The number of hydrogen-bond acceptors (Lipinski definition) is 6. The molecule has 1 aromatic heterocycles. The molecule has 1 aromatic rings. The first-order chi connectivity index (χ1) is 12.5. The smallest absolute Gasteiger partial charge is 0.476 e. The highest BCUT2D eigenvalue weighted by Crippen LogP contribution is 2.36. The monoisotopic (exact) mass is 377 g/mol. The minimum atomic E-state index is -0.658. The Bertz CT molecular complexity index is 669. The van der Waals surface area contributed by atoms with Crippen LogP contribution >= 0.6 is 0 Å². The van der Waals surface area contributed by atoms with Crippen molar-refractivity contribution in [2.24, 2.45) is 5.41 Å². The Kier molecular flexibility index (Phi) is 6.27. The summed E-state index contributed by atoms with van der Waals surface area (Å²) in [6.45, 7) is 14.2. The van der Waals surface area contributed by atoms with E-state index in [2.05, 4.69) is 4.98 Å². The molecule has 1 fully saturated rings. The van der Waals surface area contributed by atoms with E-state index in [0.717, 1.165) is 11.0 Å². The van der Waals surface area contributed by atoms with Gasteiger partial charge in [-0.2, -0.15) is 0 Å². The normalized spacial score (nSPS) is 18.4. The Hall–Kier alpha value is -1.60. The van der Waals surface area contributed by atoms with Gasteiger partial charge >= 0.3 is 13.1 Å². The van der Waals surface area contributed by atoms with Gasteiger partial charge in [-0.3, -0.25) is 4.79 Å². The van der Waals surface area contributed by atoms with Crippen molar-refractivity contribution >= 4 is 18.6 Å². The maximum atomic E-state index is 12.2. The number of carbonyl (C=O) groups excluding carboxylic acids is 1. The molecule has 1 aliphatic heterocycles. The van der Waals surface area contributed by atoms with Crippen LogP contribution in [0.1, 0.15) is 59.9 Å². The van der Waals surface area contributed by atoms with Gasteiger partial charge in [-0.25, -0.2) is 4.98 Å². The van der Waals surface area contributed by atoms with Gasteiger partial charge in [0.25, 0.3) is 0 Å². The minimum absolute atomic E-state index is 0.231. The van der Waals surface area contributed by atoms with E-state index >= 15 is 0 Å². The third kappa shape index (κ3) is 4.14. The van der Waals surface area contributed by atoms with Crippen molar-refractivity contribution in [2.45, 2.75) is 72.5 Å². The number of rotatable bonds is 7. The number of methoxy groups -OCH3 is 1. The average Bonchev–Trinajstić information content (AvgIpc) is 2.83. The summed E-state index contributed by atoms with van der Waals surface area (Å²) >= 11 is 0. The molecule has 0 spiro atoms. The molecule has 150 valence electrons. The molecule has 0 aromatic carbocycles. The number of aryl methyl sites for hydroxylation is 1. The van der Waals surface area contributed by atoms with E-state index in [1.165, 1.54) is 7.11 Å². The predicted octanol–water partition coefficient (Wildman–Crippen LogP) is 3.05. The molecule has 0 radical (unpaired) electrons. The van der Waals surface area contributed by atoms with Crippen molar-refractivity contribution < 1.29 is 23.6 Å². The zero-order chi connectivity index (χ0) is 20.5. The van der Waals surface area contributed by atoms with E-state index < -0.39 is 23.7 Å². The lowest BCUT2D eigenvalue weighted by atomic mass is 9.77. The van der Waals surface area contributed by atoms with Gasteiger partial charge < -0.3 is 18.8 Å². The summed E-state index contributed by atoms with van der Waals surface area (Å²) in [5.41, 5.74) is 0.388. The molecule has 0 atom stereocenters. The molecule has 1 saturated heterocycles. The fourth-order valence-corrected chi connectivity index (χ4v) is 3.07. The van der Waals surface area contributed by atoms with Crippen molar-refractivity contribution in [3.8, 4) is 5.88 Å². The molecule has 0 N–H and O–H groups in total. The van der Waals surface area contributed by atoms with Crippen molar-refractivity contribution in [1.82, 2.24) is 4.98 Å².